The quantitative estimate of drug-likeness (QED) is 0.835. The third kappa shape index (κ3) is 3.28. The Kier molecular flexibility index (Phi) is 5.10. The Morgan fingerprint density at radius 1 is 1.33 bits per heavy atom. The van der Waals surface area contributed by atoms with Crippen LogP contribution in [0.4, 0.5) is 0 Å². The molecule has 0 aromatic heterocycles. The van der Waals surface area contributed by atoms with Gasteiger partial charge in [-0.25, -0.2) is 0 Å². The zero-order chi connectivity index (χ0) is 13.1. The summed E-state index contributed by atoms with van der Waals surface area (Å²) in [4.78, 5) is 0. The molecule has 0 radical (unpaired) electrons. The molecule has 100 valence electrons. The van der Waals surface area contributed by atoms with Crippen LogP contribution in [0.25, 0.3) is 0 Å². The zero-order valence-corrected chi connectivity index (χ0v) is 14.0. The number of hydrogen-bond acceptors (Lipinski definition) is 2. The third-order valence-corrected chi connectivity index (χ3v) is 4.75. The van der Waals surface area contributed by atoms with Crippen molar-refractivity contribution in [1.82, 2.24) is 5.32 Å². The van der Waals surface area contributed by atoms with Crippen molar-refractivity contribution >= 4 is 31.9 Å². The van der Waals surface area contributed by atoms with E-state index in [1.54, 1.807) is 7.11 Å². The molecule has 1 aliphatic carbocycles. The minimum absolute atomic E-state index is 0.646. The van der Waals surface area contributed by atoms with Gasteiger partial charge < -0.3 is 10.1 Å². The maximum absolute atomic E-state index is 5.47. The number of nitrogens with one attached hydrogen (secondary N) is 1. The fourth-order valence-electron chi connectivity index (χ4n) is 2.66. The van der Waals surface area contributed by atoms with Crippen molar-refractivity contribution in [3.8, 4) is 5.75 Å². The van der Waals surface area contributed by atoms with Gasteiger partial charge in [-0.2, -0.15) is 0 Å². The van der Waals surface area contributed by atoms with Crippen molar-refractivity contribution in [3.05, 3.63) is 26.6 Å². The van der Waals surface area contributed by atoms with Gasteiger partial charge in [0.05, 0.1) is 11.6 Å². The maximum Gasteiger partial charge on any atom is 0.137 e. The van der Waals surface area contributed by atoms with E-state index in [1.807, 2.05) is 6.07 Å². The second kappa shape index (κ2) is 6.40. The molecule has 1 aromatic rings. The Balaban J connectivity index is 2.08. The highest BCUT2D eigenvalue weighted by molar-refractivity contribution is 9.11. The Morgan fingerprint density at radius 2 is 2.11 bits per heavy atom. The summed E-state index contributed by atoms with van der Waals surface area (Å²) in [5, 5.41) is 3.66. The van der Waals surface area contributed by atoms with Gasteiger partial charge in [0.25, 0.3) is 0 Å². The van der Waals surface area contributed by atoms with Crippen LogP contribution in [0.1, 0.15) is 31.7 Å². The normalized spacial score (nSPS) is 23.3. The van der Waals surface area contributed by atoms with Gasteiger partial charge in [0.2, 0.25) is 0 Å². The monoisotopic (exact) mass is 375 g/mol. The molecule has 1 fully saturated rings. The van der Waals surface area contributed by atoms with E-state index in [0.717, 1.165) is 27.2 Å². The van der Waals surface area contributed by atoms with Gasteiger partial charge >= 0.3 is 0 Å². The molecule has 0 saturated heterocycles. The molecule has 0 bridgehead atoms. The van der Waals surface area contributed by atoms with Gasteiger partial charge in [0.15, 0.2) is 0 Å². The first-order valence-corrected chi connectivity index (χ1v) is 7.95. The molecule has 4 heteroatoms. The van der Waals surface area contributed by atoms with Crippen LogP contribution in [0.2, 0.25) is 0 Å². The predicted octanol–water partition coefficient (Wildman–Crippen LogP) is 4.50. The number of hydrogen-bond donors (Lipinski definition) is 1. The number of rotatable bonds is 4. The average Bonchev–Trinajstić information content (AvgIpc) is 2.71. The number of benzene rings is 1. The Morgan fingerprint density at radius 3 is 2.72 bits per heavy atom. The first-order valence-electron chi connectivity index (χ1n) is 6.37. The van der Waals surface area contributed by atoms with Gasteiger partial charge in [-0.3, -0.25) is 0 Å². The van der Waals surface area contributed by atoms with E-state index in [2.05, 4.69) is 50.2 Å². The van der Waals surface area contributed by atoms with Crippen molar-refractivity contribution in [2.45, 2.75) is 38.8 Å². The van der Waals surface area contributed by atoms with Crippen LogP contribution < -0.4 is 10.1 Å². The average molecular weight is 377 g/mol. The van der Waals surface area contributed by atoms with Crippen molar-refractivity contribution in [2.75, 3.05) is 7.11 Å². The van der Waals surface area contributed by atoms with E-state index in [1.165, 1.54) is 24.8 Å². The first-order chi connectivity index (χ1) is 8.61. The molecule has 2 rings (SSSR count). The maximum atomic E-state index is 5.47. The van der Waals surface area contributed by atoms with Crippen LogP contribution in [0.5, 0.6) is 5.75 Å². The molecule has 0 amide bonds. The van der Waals surface area contributed by atoms with Gasteiger partial charge in [0, 0.05) is 22.6 Å². The van der Waals surface area contributed by atoms with E-state index in [4.69, 9.17) is 4.74 Å². The van der Waals surface area contributed by atoms with E-state index >= 15 is 0 Å². The molecular formula is C14H19Br2NO. The lowest BCUT2D eigenvalue weighted by Crippen LogP contribution is -2.30. The summed E-state index contributed by atoms with van der Waals surface area (Å²) in [5.74, 6) is 1.71. The van der Waals surface area contributed by atoms with Crippen LogP contribution in [0, 0.1) is 5.92 Å². The van der Waals surface area contributed by atoms with E-state index in [-0.39, 0.29) is 0 Å². The summed E-state index contributed by atoms with van der Waals surface area (Å²) in [6.45, 7) is 3.19. The second-order valence-corrected chi connectivity index (χ2v) is 6.75. The summed E-state index contributed by atoms with van der Waals surface area (Å²) in [7, 11) is 1.72. The van der Waals surface area contributed by atoms with Crippen molar-refractivity contribution in [1.29, 1.82) is 0 Å². The molecule has 1 saturated carbocycles. The standard InChI is InChI=1S/C14H19Br2NO/c1-9-4-3-5-13(9)17-8-10-6-11(15)7-12(16)14(10)18-2/h6-7,9,13,17H,3-5,8H2,1-2H3. The molecule has 0 heterocycles. The predicted molar refractivity (Wildman–Crippen MR) is 82.0 cm³/mol. The minimum atomic E-state index is 0.646. The number of methoxy groups -OCH3 is 1. The molecule has 1 aromatic carbocycles. The highest BCUT2D eigenvalue weighted by atomic mass is 79.9. The summed E-state index contributed by atoms with van der Waals surface area (Å²) in [5.41, 5.74) is 1.19. The minimum Gasteiger partial charge on any atom is -0.495 e. The van der Waals surface area contributed by atoms with Gasteiger partial charge in [-0.15, -0.1) is 0 Å². The molecule has 2 unspecified atom stereocenters. The Bertz CT molecular complexity index is 423. The molecular weight excluding hydrogens is 358 g/mol. The van der Waals surface area contributed by atoms with Gasteiger partial charge in [-0.05, 0) is 46.8 Å². The Hall–Kier alpha value is -0.0600. The fraction of sp³-hybridized carbons (Fsp3) is 0.571. The summed E-state index contributed by atoms with van der Waals surface area (Å²) in [6, 6.07) is 4.78. The van der Waals surface area contributed by atoms with Crippen LogP contribution in [0.15, 0.2) is 21.1 Å². The van der Waals surface area contributed by atoms with Gasteiger partial charge in [-0.1, -0.05) is 29.3 Å². The van der Waals surface area contributed by atoms with E-state index in [0.29, 0.717) is 6.04 Å². The van der Waals surface area contributed by atoms with E-state index < -0.39 is 0 Å². The topological polar surface area (TPSA) is 21.3 Å². The fourth-order valence-corrected chi connectivity index (χ4v) is 4.14. The van der Waals surface area contributed by atoms with Crippen molar-refractivity contribution in [3.63, 3.8) is 0 Å². The lowest BCUT2D eigenvalue weighted by Gasteiger charge is -2.19. The number of halogens is 2. The van der Waals surface area contributed by atoms with Crippen LogP contribution >= 0.6 is 31.9 Å². The van der Waals surface area contributed by atoms with E-state index in [9.17, 15) is 0 Å². The van der Waals surface area contributed by atoms with Crippen molar-refractivity contribution < 1.29 is 4.74 Å². The molecule has 1 aliphatic rings. The van der Waals surface area contributed by atoms with Crippen LogP contribution in [-0.2, 0) is 6.54 Å². The van der Waals surface area contributed by atoms with Crippen LogP contribution in [-0.4, -0.2) is 13.2 Å². The molecule has 2 atom stereocenters. The first kappa shape index (κ1) is 14.4. The van der Waals surface area contributed by atoms with Crippen molar-refractivity contribution in [2.24, 2.45) is 5.92 Å². The summed E-state index contributed by atoms with van der Waals surface area (Å²) >= 11 is 7.07. The largest absolute Gasteiger partial charge is 0.495 e. The molecule has 1 N–H and O–H groups in total. The van der Waals surface area contributed by atoms with Gasteiger partial charge in [0.1, 0.15) is 5.75 Å². The molecule has 2 nitrogen and oxygen atoms in total. The zero-order valence-electron chi connectivity index (χ0n) is 10.8. The SMILES string of the molecule is COc1c(Br)cc(Br)cc1CNC1CCCC1C. The second-order valence-electron chi connectivity index (χ2n) is 4.98. The highest BCUT2D eigenvalue weighted by Crippen LogP contribution is 2.33. The molecule has 0 aliphatic heterocycles. The molecule has 0 spiro atoms. The third-order valence-electron chi connectivity index (χ3n) is 3.71. The number of ether oxygens (including phenoxy) is 1. The lowest BCUT2D eigenvalue weighted by atomic mass is 10.1. The lowest BCUT2D eigenvalue weighted by molar-refractivity contribution is 0.393. The molecule has 18 heavy (non-hydrogen) atoms. The summed E-state index contributed by atoms with van der Waals surface area (Å²) in [6.07, 6.45) is 3.98. The van der Waals surface area contributed by atoms with Crippen LogP contribution in [0.3, 0.4) is 0 Å². The Labute approximate surface area is 126 Å². The summed E-state index contributed by atoms with van der Waals surface area (Å²) < 4.78 is 7.54. The smallest absolute Gasteiger partial charge is 0.137 e. The highest BCUT2D eigenvalue weighted by Gasteiger charge is 2.23.